The monoisotopic (exact) mass is 411 g/mol. The molecule has 1 heterocycles. The number of hydrogen-bond acceptors (Lipinski definition) is 5. The lowest BCUT2D eigenvalue weighted by Crippen LogP contribution is -2.47. The molecule has 28 heavy (non-hydrogen) atoms. The average Bonchev–Trinajstić information content (AvgIpc) is 2.59. The van der Waals surface area contributed by atoms with Crippen LogP contribution in [-0.4, -0.2) is 29.4 Å². The van der Waals surface area contributed by atoms with Gasteiger partial charge in [0.25, 0.3) is 0 Å². The first-order valence-electron chi connectivity index (χ1n) is 7.46. The van der Waals surface area contributed by atoms with E-state index < -0.39 is 59.5 Å². The van der Waals surface area contributed by atoms with Crippen molar-refractivity contribution in [2.75, 3.05) is 13.2 Å². The second-order valence-corrected chi connectivity index (χ2v) is 5.66. The van der Waals surface area contributed by atoms with Crippen LogP contribution < -0.4 is 4.74 Å². The van der Waals surface area contributed by atoms with Crippen LogP contribution in [0.3, 0.4) is 0 Å². The molecule has 1 aromatic heterocycles. The number of alkyl halides is 5. The first-order valence-corrected chi connectivity index (χ1v) is 7.46. The number of hydrogen-bond donors (Lipinski definition) is 2. The molecule has 0 radical (unpaired) electrons. The van der Waals surface area contributed by atoms with E-state index in [0.29, 0.717) is 24.4 Å². The van der Waals surface area contributed by atoms with Crippen LogP contribution in [0.4, 0.5) is 30.7 Å². The number of aliphatic hydroxyl groups is 1. The zero-order valence-electron chi connectivity index (χ0n) is 13.8. The van der Waals surface area contributed by atoms with Crippen molar-refractivity contribution in [1.82, 2.24) is 4.98 Å². The van der Waals surface area contributed by atoms with Gasteiger partial charge in [-0.1, -0.05) is 0 Å². The zero-order valence-corrected chi connectivity index (χ0v) is 13.8. The van der Waals surface area contributed by atoms with Crippen LogP contribution in [0.2, 0.25) is 0 Å². The third kappa shape index (κ3) is 4.38. The van der Waals surface area contributed by atoms with Crippen LogP contribution >= 0.6 is 0 Å². The van der Waals surface area contributed by atoms with Gasteiger partial charge in [-0.25, -0.2) is 14.3 Å². The Bertz CT molecular complexity index is 843. The fourth-order valence-corrected chi connectivity index (χ4v) is 2.32. The molecule has 2 N–H and O–H groups in total. The molecular weight excluding hydrogens is 399 g/mol. The summed E-state index contributed by atoms with van der Waals surface area (Å²) in [5.74, 6) is -7.41. The van der Waals surface area contributed by atoms with Gasteiger partial charge in [0.1, 0.15) is 23.1 Å². The van der Waals surface area contributed by atoms with Crippen LogP contribution in [-0.2, 0) is 11.5 Å². The number of rotatable bonds is 7. The summed E-state index contributed by atoms with van der Waals surface area (Å²) in [6.45, 7) is -2.97. The van der Waals surface area contributed by atoms with Crippen LogP contribution in [0.5, 0.6) is 5.75 Å². The molecule has 0 aliphatic rings. The number of halogens is 7. The van der Waals surface area contributed by atoms with E-state index in [2.05, 4.69) is 14.8 Å². The highest BCUT2D eigenvalue weighted by atomic mass is 19.4. The molecule has 152 valence electrons. The molecule has 0 amide bonds. The first-order chi connectivity index (χ1) is 12.9. The van der Waals surface area contributed by atoms with Gasteiger partial charge in [-0.15, -0.1) is 0 Å². The van der Waals surface area contributed by atoms with Crippen molar-refractivity contribution in [3.8, 4) is 5.75 Å². The lowest BCUT2D eigenvalue weighted by Gasteiger charge is -2.34. The summed E-state index contributed by atoms with van der Waals surface area (Å²) in [4.78, 5) is 3.27. The Labute approximate surface area is 153 Å². The maximum atomic E-state index is 14.9. The topological polar surface area (TPSA) is 78.6 Å². The Morgan fingerprint density at radius 1 is 1.07 bits per heavy atom. The molecule has 1 atom stereocenters. The van der Waals surface area contributed by atoms with Crippen molar-refractivity contribution in [2.24, 2.45) is 5.11 Å². The number of ether oxygens (including phenoxy) is 1. The molecule has 0 aliphatic heterocycles. The van der Waals surface area contributed by atoms with Gasteiger partial charge in [0.15, 0.2) is 12.2 Å². The van der Waals surface area contributed by atoms with Gasteiger partial charge in [0.2, 0.25) is 0 Å². The molecule has 2 aromatic rings. The molecule has 5 nitrogen and oxygen atoms in total. The second kappa shape index (κ2) is 7.70. The van der Waals surface area contributed by atoms with Crippen molar-refractivity contribution < 1.29 is 40.6 Å². The molecule has 0 saturated heterocycles. The Kier molecular flexibility index (Phi) is 5.92. The maximum absolute atomic E-state index is 14.9. The summed E-state index contributed by atoms with van der Waals surface area (Å²) >= 11 is 0. The van der Waals surface area contributed by atoms with Crippen LogP contribution in [0, 0.1) is 17.2 Å². The van der Waals surface area contributed by atoms with Gasteiger partial charge in [0, 0.05) is 11.6 Å². The average molecular weight is 411 g/mol. The Morgan fingerprint density at radius 3 is 2.25 bits per heavy atom. The minimum atomic E-state index is -4.65. The molecule has 0 bridgehead atoms. The lowest BCUT2D eigenvalue weighted by molar-refractivity contribution is -0.194. The van der Waals surface area contributed by atoms with Gasteiger partial charge in [-0.3, -0.25) is 4.98 Å². The summed E-state index contributed by atoms with van der Waals surface area (Å²) < 4.78 is 97.6. The van der Waals surface area contributed by atoms with Crippen molar-refractivity contribution in [1.29, 1.82) is 5.53 Å². The highest BCUT2D eigenvalue weighted by Crippen LogP contribution is 2.46. The predicted molar refractivity (Wildman–Crippen MR) is 80.0 cm³/mol. The summed E-state index contributed by atoms with van der Waals surface area (Å²) in [6.07, 6.45) is -4.09. The van der Waals surface area contributed by atoms with E-state index in [1.165, 1.54) is 0 Å². The largest absolute Gasteiger partial charge is 0.483 e. The molecule has 1 unspecified atom stereocenters. The van der Waals surface area contributed by atoms with Crippen LogP contribution in [0.1, 0.15) is 11.3 Å². The highest BCUT2D eigenvalue weighted by molar-refractivity contribution is 5.32. The van der Waals surface area contributed by atoms with Gasteiger partial charge in [-0.2, -0.15) is 27.1 Å². The SMILES string of the molecule is N=NCC(O)(c1ccc(F)cc1F)C(F)(F)c1ccc(OCC(F)(F)F)cn1. The van der Waals surface area contributed by atoms with E-state index in [1.54, 1.807) is 0 Å². The van der Waals surface area contributed by atoms with Gasteiger partial charge in [-0.05, 0) is 24.3 Å². The van der Waals surface area contributed by atoms with E-state index in [4.69, 9.17) is 5.53 Å². The third-order valence-corrected chi connectivity index (χ3v) is 3.66. The molecule has 1 aromatic carbocycles. The maximum Gasteiger partial charge on any atom is 0.422 e. The molecule has 0 fully saturated rings. The summed E-state index contributed by atoms with van der Waals surface area (Å²) in [5, 5.41) is 13.2. The van der Waals surface area contributed by atoms with Crippen molar-refractivity contribution in [3.05, 3.63) is 59.4 Å². The highest BCUT2D eigenvalue weighted by Gasteiger charge is 2.57. The number of pyridine rings is 1. The van der Waals surface area contributed by atoms with E-state index in [9.17, 15) is 35.8 Å². The summed E-state index contributed by atoms with van der Waals surface area (Å²) in [7, 11) is 0. The third-order valence-electron chi connectivity index (χ3n) is 3.66. The minimum absolute atomic E-state index is 0.266. The van der Waals surface area contributed by atoms with Gasteiger partial charge >= 0.3 is 12.1 Å². The van der Waals surface area contributed by atoms with E-state index in [1.807, 2.05) is 0 Å². The Balaban J connectivity index is 2.41. The van der Waals surface area contributed by atoms with E-state index in [0.717, 1.165) is 6.07 Å². The predicted octanol–water partition coefficient (Wildman–Crippen LogP) is 4.31. The summed E-state index contributed by atoms with van der Waals surface area (Å²) in [6, 6.07) is 2.79. The molecule has 0 aliphatic carbocycles. The number of nitrogens with one attached hydrogen (secondary N) is 1. The quantitative estimate of drug-likeness (QED) is 0.527. The molecular formula is C16H12F7N3O2. The minimum Gasteiger partial charge on any atom is -0.483 e. The van der Waals surface area contributed by atoms with Gasteiger partial charge in [0.05, 0.1) is 12.7 Å². The fourth-order valence-electron chi connectivity index (χ4n) is 2.32. The fraction of sp³-hybridized carbons (Fsp3) is 0.312. The molecule has 2 rings (SSSR count). The smallest absolute Gasteiger partial charge is 0.422 e. The zero-order chi connectivity index (χ0) is 21.2. The van der Waals surface area contributed by atoms with E-state index >= 15 is 0 Å². The van der Waals surface area contributed by atoms with Gasteiger partial charge < -0.3 is 9.84 Å². The van der Waals surface area contributed by atoms with Crippen molar-refractivity contribution >= 4 is 0 Å². The Morgan fingerprint density at radius 2 is 1.75 bits per heavy atom. The number of benzene rings is 1. The molecule has 12 heteroatoms. The second-order valence-electron chi connectivity index (χ2n) is 5.66. The standard InChI is InChI=1S/C16H12F7N3O2/c17-9-1-3-11(12(18)5-9)14(27,7-26-24)16(22,23)13-4-2-10(6-25-13)28-8-15(19,20)21/h1-6,24,27H,7-8H2. The number of aromatic nitrogens is 1. The normalized spacial score (nSPS) is 14.4. The molecule has 0 spiro atoms. The van der Waals surface area contributed by atoms with Crippen LogP contribution in [0.25, 0.3) is 0 Å². The van der Waals surface area contributed by atoms with E-state index in [-0.39, 0.29) is 6.07 Å². The number of nitrogens with zero attached hydrogens (tertiary/aromatic N) is 2. The summed E-state index contributed by atoms with van der Waals surface area (Å²) in [5.41, 5.74) is 1.21. The lowest BCUT2D eigenvalue weighted by atomic mass is 9.85. The molecule has 0 saturated carbocycles. The Hall–Kier alpha value is -2.76. The first kappa shape index (κ1) is 21.5. The van der Waals surface area contributed by atoms with Crippen molar-refractivity contribution in [2.45, 2.75) is 17.7 Å². The van der Waals surface area contributed by atoms with Crippen molar-refractivity contribution in [3.63, 3.8) is 0 Å². The van der Waals surface area contributed by atoms with Crippen LogP contribution in [0.15, 0.2) is 41.6 Å².